The van der Waals surface area contributed by atoms with E-state index in [2.05, 4.69) is 5.32 Å². The molecule has 0 aromatic carbocycles. The van der Waals surface area contributed by atoms with Crippen LogP contribution in [0.3, 0.4) is 0 Å². The van der Waals surface area contributed by atoms with Crippen LogP contribution in [0.25, 0.3) is 0 Å². The summed E-state index contributed by atoms with van der Waals surface area (Å²) in [6.07, 6.45) is 0. The van der Waals surface area contributed by atoms with Gasteiger partial charge in [0.1, 0.15) is 6.54 Å². The van der Waals surface area contributed by atoms with Crippen molar-refractivity contribution in [3.63, 3.8) is 0 Å². The van der Waals surface area contributed by atoms with Gasteiger partial charge in [0.25, 0.3) is 0 Å². The van der Waals surface area contributed by atoms with Gasteiger partial charge in [-0.1, -0.05) is 0 Å². The Bertz CT molecular complexity index is 344. The molecule has 0 spiro atoms. The number of carbonyl (C=O) groups excluding carboxylic acids is 2. The summed E-state index contributed by atoms with van der Waals surface area (Å²) in [5, 5.41) is 11.2. The van der Waals surface area contributed by atoms with Crippen molar-refractivity contribution in [1.29, 1.82) is 0 Å². The van der Waals surface area contributed by atoms with Gasteiger partial charge in [0.15, 0.2) is 6.04 Å². The highest BCUT2D eigenvalue weighted by molar-refractivity contribution is 5.86. The monoisotopic (exact) mass is 289 g/mol. The number of nitrogens with one attached hydrogen (secondary N) is 1. The summed E-state index contributed by atoms with van der Waals surface area (Å²) in [5.74, 6) is -1.38. The molecule has 0 saturated carbocycles. The summed E-state index contributed by atoms with van der Waals surface area (Å²) >= 11 is 0. The number of urea groups is 1. The molecule has 0 aliphatic carbocycles. The van der Waals surface area contributed by atoms with Crippen LogP contribution in [0.2, 0.25) is 0 Å². The highest BCUT2D eigenvalue weighted by atomic mass is 16.5. The molecule has 116 valence electrons. The Hall–Kier alpha value is -1.83. The Kier molecular flexibility index (Phi) is 8.30. The zero-order valence-corrected chi connectivity index (χ0v) is 12.4. The van der Waals surface area contributed by atoms with Crippen molar-refractivity contribution in [2.24, 2.45) is 0 Å². The first-order chi connectivity index (χ1) is 9.37. The third kappa shape index (κ3) is 5.87. The molecule has 0 aliphatic rings. The normalized spacial score (nSPS) is 11.6. The van der Waals surface area contributed by atoms with Crippen molar-refractivity contribution in [2.45, 2.75) is 19.9 Å². The van der Waals surface area contributed by atoms with Crippen LogP contribution in [0, 0.1) is 0 Å². The average molecular weight is 289 g/mol. The lowest BCUT2D eigenvalue weighted by atomic mass is 10.3. The van der Waals surface area contributed by atoms with Crippen molar-refractivity contribution < 1.29 is 24.2 Å². The second-order valence-corrected chi connectivity index (χ2v) is 4.22. The highest BCUT2D eigenvalue weighted by Crippen LogP contribution is 1.95. The second kappa shape index (κ2) is 9.13. The van der Waals surface area contributed by atoms with E-state index in [4.69, 9.17) is 9.84 Å². The molecule has 8 heteroatoms. The van der Waals surface area contributed by atoms with Gasteiger partial charge in [-0.2, -0.15) is 0 Å². The Morgan fingerprint density at radius 3 is 2.20 bits per heavy atom. The Morgan fingerprint density at radius 2 is 1.80 bits per heavy atom. The average Bonchev–Trinajstić information content (AvgIpc) is 2.39. The number of ether oxygens (including phenoxy) is 1. The summed E-state index contributed by atoms with van der Waals surface area (Å²) in [4.78, 5) is 37.2. The minimum atomic E-state index is -1.19. The Morgan fingerprint density at radius 1 is 1.25 bits per heavy atom. The Balaban J connectivity index is 4.47. The number of carboxylic acids is 1. The van der Waals surface area contributed by atoms with Crippen LogP contribution in [-0.2, 0) is 14.3 Å². The quantitative estimate of drug-likeness (QED) is 0.633. The van der Waals surface area contributed by atoms with Gasteiger partial charge >= 0.3 is 12.0 Å². The zero-order chi connectivity index (χ0) is 15.7. The smallest absolute Gasteiger partial charge is 0.328 e. The van der Waals surface area contributed by atoms with Gasteiger partial charge < -0.3 is 25.0 Å². The van der Waals surface area contributed by atoms with Crippen molar-refractivity contribution in [1.82, 2.24) is 15.1 Å². The van der Waals surface area contributed by atoms with E-state index in [1.807, 2.05) is 13.8 Å². The third-order valence-corrected chi connectivity index (χ3v) is 2.76. The molecule has 0 aromatic heterocycles. The van der Waals surface area contributed by atoms with Gasteiger partial charge in [-0.05, 0) is 13.8 Å². The van der Waals surface area contributed by atoms with Gasteiger partial charge in [0.05, 0.1) is 6.61 Å². The van der Waals surface area contributed by atoms with Gasteiger partial charge in [0, 0.05) is 27.2 Å². The number of hydrogen-bond acceptors (Lipinski definition) is 4. The van der Waals surface area contributed by atoms with E-state index >= 15 is 0 Å². The van der Waals surface area contributed by atoms with Gasteiger partial charge in [0.2, 0.25) is 5.91 Å². The molecule has 20 heavy (non-hydrogen) atoms. The molecule has 1 unspecified atom stereocenters. The summed E-state index contributed by atoms with van der Waals surface area (Å²) in [6.45, 7) is 4.57. The van der Waals surface area contributed by atoms with E-state index in [1.165, 1.54) is 14.2 Å². The maximum atomic E-state index is 11.8. The first kappa shape index (κ1) is 18.2. The predicted octanol–water partition coefficient (Wildman–Crippen LogP) is -0.404. The summed E-state index contributed by atoms with van der Waals surface area (Å²) in [6, 6.07) is -1.77. The number of hydrogen-bond donors (Lipinski definition) is 2. The van der Waals surface area contributed by atoms with Gasteiger partial charge in [-0.3, -0.25) is 4.79 Å². The van der Waals surface area contributed by atoms with E-state index in [0.717, 1.165) is 4.90 Å². The lowest BCUT2D eigenvalue weighted by molar-refractivity contribution is -0.140. The van der Waals surface area contributed by atoms with Crippen LogP contribution >= 0.6 is 0 Å². The van der Waals surface area contributed by atoms with Crippen molar-refractivity contribution >= 4 is 17.9 Å². The maximum absolute atomic E-state index is 11.8. The van der Waals surface area contributed by atoms with E-state index in [0.29, 0.717) is 13.1 Å². The Labute approximate surface area is 118 Å². The standard InChI is InChI=1S/C12H23N3O5/c1-5-15(6-2)10(16)7-14(3)12(19)13-9(8-20-4)11(17)18/h9H,5-8H2,1-4H3,(H,13,19)(H,17,18). The number of rotatable bonds is 8. The minimum absolute atomic E-state index is 0.104. The molecule has 0 heterocycles. The minimum Gasteiger partial charge on any atom is -0.480 e. The molecular weight excluding hydrogens is 266 g/mol. The number of carboxylic acid groups (broad SMARTS) is 1. The van der Waals surface area contributed by atoms with E-state index in [-0.39, 0.29) is 19.1 Å². The maximum Gasteiger partial charge on any atom is 0.328 e. The number of likely N-dealkylation sites (N-methyl/N-ethyl adjacent to an activating group) is 2. The van der Waals surface area contributed by atoms with Gasteiger partial charge in [-0.25, -0.2) is 9.59 Å². The number of nitrogens with zero attached hydrogens (tertiary/aromatic N) is 2. The highest BCUT2D eigenvalue weighted by Gasteiger charge is 2.23. The summed E-state index contributed by atoms with van der Waals surface area (Å²) in [5.41, 5.74) is 0. The van der Waals surface area contributed by atoms with Crippen LogP contribution in [0.4, 0.5) is 4.79 Å². The van der Waals surface area contributed by atoms with Crippen molar-refractivity contribution in [3.05, 3.63) is 0 Å². The van der Waals surface area contributed by atoms with E-state index in [1.54, 1.807) is 4.90 Å². The van der Waals surface area contributed by atoms with Crippen LogP contribution in [0.5, 0.6) is 0 Å². The fourth-order valence-corrected chi connectivity index (χ4v) is 1.55. The lowest BCUT2D eigenvalue weighted by Gasteiger charge is -2.24. The number of methoxy groups -OCH3 is 1. The molecule has 0 radical (unpaired) electrons. The zero-order valence-electron chi connectivity index (χ0n) is 12.4. The molecule has 0 aliphatic heterocycles. The molecule has 0 aromatic rings. The summed E-state index contributed by atoms with van der Waals surface area (Å²) < 4.78 is 4.71. The van der Waals surface area contributed by atoms with Crippen LogP contribution < -0.4 is 5.32 Å². The first-order valence-electron chi connectivity index (χ1n) is 6.38. The molecule has 0 saturated heterocycles. The molecule has 3 amide bonds. The largest absolute Gasteiger partial charge is 0.480 e. The third-order valence-electron chi connectivity index (χ3n) is 2.76. The fourth-order valence-electron chi connectivity index (χ4n) is 1.55. The van der Waals surface area contributed by atoms with E-state index < -0.39 is 18.0 Å². The molecule has 2 N–H and O–H groups in total. The van der Waals surface area contributed by atoms with E-state index in [9.17, 15) is 14.4 Å². The molecule has 0 bridgehead atoms. The first-order valence-corrected chi connectivity index (χ1v) is 6.38. The molecule has 0 fully saturated rings. The number of carbonyl (C=O) groups is 3. The molecule has 1 atom stereocenters. The molecular formula is C12H23N3O5. The predicted molar refractivity (Wildman–Crippen MR) is 72.4 cm³/mol. The van der Waals surface area contributed by atoms with Crippen LogP contribution in [-0.4, -0.2) is 79.3 Å². The topological polar surface area (TPSA) is 99.2 Å². The molecule has 0 rings (SSSR count). The van der Waals surface area contributed by atoms with Crippen LogP contribution in [0.1, 0.15) is 13.8 Å². The number of amides is 3. The number of aliphatic carboxylic acids is 1. The summed E-state index contributed by atoms with van der Waals surface area (Å²) in [7, 11) is 2.78. The lowest BCUT2D eigenvalue weighted by Crippen LogP contribution is -2.51. The molecule has 8 nitrogen and oxygen atoms in total. The fraction of sp³-hybridized carbons (Fsp3) is 0.750. The SMILES string of the molecule is CCN(CC)C(=O)CN(C)C(=O)NC(COC)C(=O)O. The van der Waals surface area contributed by atoms with Crippen molar-refractivity contribution in [2.75, 3.05) is 40.4 Å². The second-order valence-electron chi connectivity index (χ2n) is 4.22. The van der Waals surface area contributed by atoms with Crippen molar-refractivity contribution in [3.8, 4) is 0 Å². The van der Waals surface area contributed by atoms with Gasteiger partial charge in [-0.15, -0.1) is 0 Å². The van der Waals surface area contributed by atoms with Crippen LogP contribution in [0.15, 0.2) is 0 Å².